The van der Waals surface area contributed by atoms with Crippen LogP contribution in [0, 0.1) is 180 Å². The van der Waals surface area contributed by atoms with Crippen molar-refractivity contribution in [3.63, 3.8) is 0 Å². The molecule has 9 rings (SSSR count). The van der Waals surface area contributed by atoms with Crippen LogP contribution in [0.4, 0.5) is 132 Å². The van der Waals surface area contributed by atoms with Gasteiger partial charge < -0.3 is 0 Å². The van der Waals surface area contributed by atoms with E-state index in [-0.39, 0.29) is 5.82 Å². The lowest BCUT2D eigenvalue weighted by molar-refractivity contribution is 0.410. The lowest BCUT2D eigenvalue weighted by Gasteiger charge is -2.47. The Morgan fingerprint density at radius 3 is 0.729 bits per heavy atom. The maximum atomic E-state index is 17.3. The van der Waals surface area contributed by atoms with Crippen molar-refractivity contribution in [3.8, 4) is 0 Å². The fraction of sp³-hybridized carbons (Fsp3) is 0.132. The van der Waals surface area contributed by atoms with Crippen molar-refractivity contribution in [3.05, 3.63) is 193 Å². The lowest BCUT2D eigenvalue weighted by atomic mass is 9.11. The largest absolute Gasteiger partial charge is 0.207 e. The SMILES string of the molecule is CCCC(C)C[PH+](C)c1ccc(F)cc1F.Fc1c(F)c(F)c2c([B-](c3c(F)c(F)c(F)c4c(F)c(F)c(F)c(F)c34)(c3c(F)c(F)c(F)c4c(F)c(F)c(F)c(F)c34)c3c(F)c(F)c(F)c4c(F)c(F)c(F)c(F)c34)c(F)c(F)c(F)c2c1F. The fourth-order valence-electron chi connectivity index (χ4n) is 10.7. The van der Waals surface area contributed by atoms with Crippen LogP contribution in [0.15, 0.2) is 18.2 Å². The third-order valence-electron chi connectivity index (χ3n) is 14.1. The minimum absolute atomic E-state index is 0.375. The highest BCUT2D eigenvalue weighted by molar-refractivity contribution is 7.64. The summed E-state index contributed by atoms with van der Waals surface area (Å²) in [5.74, 6) is -104. The highest BCUT2D eigenvalue weighted by Crippen LogP contribution is 2.42. The molecular formula is C53H20BF30P. The van der Waals surface area contributed by atoms with Gasteiger partial charge in [-0.1, -0.05) is 20.3 Å². The van der Waals surface area contributed by atoms with Crippen molar-refractivity contribution in [2.45, 2.75) is 26.7 Å². The highest BCUT2D eigenvalue weighted by atomic mass is 31.1. The molecule has 0 saturated carbocycles. The molecule has 0 nitrogen and oxygen atoms in total. The van der Waals surface area contributed by atoms with Gasteiger partial charge in [-0.25, -0.2) is 132 Å². The van der Waals surface area contributed by atoms with Crippen LogP contribution in [0.25, 0.3) is 43.1 Å². The van der Waals surface area contributed by atoms with Crippen molar-refractivity contribution in [2.24, 2.45) is 5.92 Å². The molecule has 0 bridgehead atoms. The first-order valence-corrected chi connectivity index (χ1v) is 25.5. The van der Waals surface area contributed by atoms with Crippen LogP contribution in [0.2, 0.25) is 0 Å². The number of benzene rings is 9. The molecule has 2 unspecified atom stereocenters. The molecule has 0 aromatic heterocycles. The normalized spacial score (nSPS) is 12.8. The monoisotopic (exact) mass is 1270 g/mol. The fourth-order valence-corrected chi connectivity index (χ4v) is 13.0. The Hall–Kier alpha value is -7.59. The third kappa shape index (κ3) is 9.03. The molecule has 0 aliphatic rings. The van der Waals surface area contributed by atoms with Crippen LogP contribution in [0.5, 0.6) is 0 Å². The molecule has 0 radical (unpaired) electrons. The summed E-state index contributed by atoms with van der Waals surface area (Å²) in [4.78, 5) is 0. The molecule has 0 amide bonds. The van der Waals surface area contributed by atoms with Crippen molar-refractivity contribution in [1.29, 1.82) is 0 Å². The summed E-state index contributed by atoms with van der Waals surface area (Å²) in [5, 5.41) is -26.3. The van der Waals surface area contributed by atoms with Crippen LogP contribution < -0.4 is 27.2 Å². The molecule has 0 fully saturated rings. The van der Waals surface area contributed by atoms with Gasteiger partial charge in [0.05, 0.1) is 34.4 Å². The summed E-state index contributed by atoms with van der Waals surface area (Å²) in [5.41, 5.74) is -15.5. The average molecular weight is 1270 g/mol. The second-order valence-electron chi connectivity index (χ2n) is 18.8. The number of hydrogen-bond acceptors (Lipinski definition) is 0. The van der Waals surface area contributed by atoms with E-state index >= 15 is 105 Å². The molecule has 0 spiro atoms. The Morgan fingerprint density at radius 2 is 0.518 bits per heavy atom. The van der Waals surface area contributed by atoms with Crippen molar-refractivity contribution < 1.29 is 132 Å². The zero-order valence-electron chi connectivity index (χ0n) is 41.3. The summed E-state index contributed by atoms with van der Waals surface area (Å²) in [6.07, 6.45) is -4.64. The number of hydrogen-bond donors (Lipinski definition) is 0. The van der Waals surface area contributed by atoms with Gasteiger partial charge in [0.15, 0.2) is 145 Å². The van der Waals surface area contributed by atoms with Crippen LogP contribution >= 0.6 is 7.92 Å². The van der Waals surface area contributed by atoms with E-state index in [2.05, 4.69) is 20.5 Å². The van der Waals surface area contributed by atoms with Crippen LogP contribution in [-0.4, -0.2) is 19.0 Å². The van der Waals surface area contributed by atoms with Gasteiger partial charge >= 0.3 is 0 Å². The molecule has 85 heavy (non-hydrogen) atoms. The van der Waals surface area contributed by atoms with Gasteiger partial charge in [0.1, 0.15) is 40.5 Å². The zero-order valence-corrected chi connectivity index (χ0v) is 42.3. The molecule has 32 heteroatoms. The molecule has 9 aromatic rings. The molecule has 450 valence electrons. The molecule has 0 heterocycles. The molecular weight excluding hydrogens is 1250 g/mol. The second-order valence-corrected chi connectivity index (χ2v) is 21.3. The first-order chi connectivity index (χ1) is 39.5. The Bertz CT molecular complexity index is 3890. The topological polar surface area (TPSA) is 0 Å². The predicted molar refractivity (Wildman–Crippen MR) is 248 cm³/mol. The average Bonchev–Trinajstić information content (AvgIpc) is 1.41. The summed E-state index contributed by atoms with van der Waals surface area (Å²) in [7, 11) is -0.877. The van der Waals surface area contributed by atoms with Gasteiger partial charge in [0.25, 0.3) is 0 Å². The standard InChI is InChI=1S/C40BF28.C13H19F2P/c42-13-1-5(21(50)37(66)33(13)62)17(46)29(58)25(54)9(1)41(10-2-6(18(47)30(59)26(10)55)22(51)38(67)34(63)14(2)43,11-3-7(19(48)31(60)27(11)56)23(52)39(68)35(64)15(3)44)12-4-8(20(49)32(61)28(12)57)24(53)40(69)36(65)16(4)45;1-4-5-10(2)9-16(3)13-7-6-11(14)8-12(13)15/h;6-8,10H,4-5,9H2,1-3H3/q-1;/p+1. The number of halogens is 30. The molecule has 0 N–H and O–H groups in total. The summed E-state index contributed by atoms with van der Waals surface area (Å²) >= 11 is 0. The molecule has 9 aromatic carbocycles. The Labute approximate surface area is 453 Å². The predicted octanol–water partition coefficient (Wildman–Crippen LogP) is 15.4. The van der Waals surface area contributed by atoms with Gasteiger partial charge in [-0.05, 0) is 46.0 Å². The third-order valence-corrected chi connectivity index (χ3v) is 16.7. The lowest BCUT2D eigenvalue weighted by Crippen LogP contribution is -2.79. The molecule has 2 atom stereocenters. The van der Waals surface area contributed by atoms with Crippen LogP contribution in [0.1, 0.15) is 26.7 Å². The Balaban J connectivity index is 0.000000509. The number of rotatable bonds is 9. The zero-order chi connectivity index (χ0) is 63.7. The van der Waals surface area contributed by atoms with E-state index < -0.39 is 248 Å². The van der Waals surface area contributed by atoms with Gasteiger partial charge in [-0.2, -0.15) is 0 Å². The minimum Gasteiger partial charge on any atom is -0.207 e. The van der Waals surface area contributed by atoms with E-state index in [0.717, 1.165) is 17.5 Å². The van der Waals surface area contributed by atoms with Gasteiger partial charge in [-0.15, -0.1) is 21.9 Å². The van der Waals surface area contributed by atoms with E-state index in [0.29, 0.717) is 5.92 Å². The van der Waals surface area contributed by atoms with Gasteiger partial charge in [-0.3, -0.25) is 0 Å². The van der Waals surface area contributed by atoms with Gasteiger partial charge in [0, 0.05) is 14.0 Å². The second kappa shape index (κ2) is 22.4. The maximum absolute atomic E-state index is 17.3. The molecule has 0 saturated heterocycles. The van der Waals surface area contributed by atoms with E-state index in [4.69, 9.17) is 0 Å². The van der Waals surface area contributed by atoms with E-state index in [1.54, 1.807) is 6.07 Å². The van der Waals surface area contributed by atoms with Gasteiger partial charge in [0.2, 0.25) is 0 Å². The smallest absolute Gasteiger partial charge is 0.198 e. The number of fused-ring (bicyclic) bond motifs is 4. The summed E-state index contributed by atoms with van der Waals surface area (Å²) in [6, 6.07) is 3.96. The quantitative estimate of drug-likeness (QED) is 0.0444. The van der Waals surface area contributed by atoms with E-state index in [9.17, 15) is 26.3 Å². The van der Waals surface area contributed by atoms with Crippen molar-refractivity contribution in [2.75, 3.05) is 12.8 Å². The molecule has 0 aliphatic heterocycles. The summed E-state index contributed by atoms with van der Waals surface area (Å²) in [6.45, 7) is 6.48. The highest BCUT2D eigenvalue weighted by Gasteiger charge is 2.52. The minimum atomic E-state index is -8.05. The van der Waals surface area contributed by atoms with Crippen LogP contribution in [-0.2, 0) is 0 Å². The molecule has 0 aliphatic carbocycles. The maximum Gasteiger partial charge on any atom is 0.198 e. The first kappa shape index (κ1) is 63.4. The van der Waals surface area contributed by atoms with Crippen molar-refractivity contribution in [1.82, 2.24) is 0 Å². The Morgan fingerprint density at radius 1 is 0.306 bits per heavy atom. The Kier molecular flexibility index (Phi) is 16.7. The van der Waals surface area contributed by atoms with E-state index in [1.165, 1.54) is 18.9 Å². The van der Waals surface area contributed by atoms with E-state index in [1.807, 2.05) is 0 Å². The van der Waals surface area contributed by atoms with Crippen LogP contribution in [0.3, 0.4) is 0 Å². The first-order valence-electron chi connectivity index (χ1n) is 23.3. The van der Waals surface area contributed by atoms with Crippen molar-refractivity contribution >= 4 is 84.3 Å². The summed E-state index contributed by atoms with van der Waals surface area (Å²) < 4.78 is 473.